The van der Waals surface area contributed by atoms with Gasteiger partial charge in [-0.25, -0.2) is 0 Å². The van der Waals surface area contributed by atoms with E-state index in [-0.39, 0.29) is 5.91 Å². The van der Waals surface area contributed by atoms with Crippen LogP contribution in [0.15, 0.2) is 97.3 Å². The first kappa shape index (κ1) is 18.8. The number of hydrogen-bond donors (Lipinski definition) is 1. The predicted molar refractivity (Wildman–Crippen MR) is 121 cm³/mol. The number of nitrogens with one attached hydrogen (secondary N) is 1. The van der Waals surface area contributed by atoms with Crippen molar-refractivity contribution in [3.63, 3.8) is 0 Å². The van der Waals surface area contributed by atoms with Crippen molar-refractivity contribution in [2.45, 2.75) is 13.1 Å². The van der Waals surface area contributed by atoms with Gasteiger partial charge in [-0.15, -0.1) is 0 Å². The average Bonchev–Trinajstić information content (AvgIpc) is 3.40. The third-order valence-corrected chi connectivity index (χ3v) is 5.16. The summed E-state index contributed by atoms with van der Waals surface area (Å²) in [6.07, 6.45) is 3.59. The van der Waals surface area contributed by atoms with Crippen molar-refractivity contribution in [2.75, 3.05) is 5.32 Å². The normalized spacial score (nSPS) is 11.0. The highest BCUT2D eigenvalue weighted by Gasteiger charge is 2.17. The summed E-state index contributed by atoms with van der Waals surface area (Å²) in [5.74, 6) is 0.327. The highest BCUT2D eigenvalue weighted by atomic mass is 16.2. The van der Waals surface area contributed by atoms with Gasteiger partial charge in [0.1, 0.15) is 5.69 Å². The zero-order chi connectivity index (χ0) is 21.0. The second kappa shape index (κ2) is 8.28. The van der Waals surface area contributed by atoms with Gasteiger partial charge in [-0.2, -0.15) is 5.10 Å². The Kier molecular flexibility index (Phi) is 5.02. The zero-order valence-electron chi connectivity index (χ0n) is 16.8. The molecule has 1 amide bonds. The van der Waals surface area contributed by atoms with Crippen LogP contribution in [0.2, 0.25) is 0 Å². The number of nitrogens with zero attached hydrogens (tertiary/aromatic N) is 4. The maximum atomic E-state index is 13.2. The number of amides is 1. The Bertz CT molecular complexity index is 1320. The number of anilines is 1. The molecule has 0 atom stereocenters. The van der Waals surface area contributed by atoms with Crippen molar-refractivity contribution < 1.29 is 4.79 Å². The van der Waals surface area contributed by atoms with Gasteiger partial charge in [-0.1, -0.05) is 54.6 Å². The van der Waals surface area contributed by atoms with E-state index in [0.29, 0.717) is 24.6 Å². The third-order valence-electron chi connectivity index (χ3n) is 5.16. The first-order valence-corrected chi connectivity index (χ1v) is 10.1. The van der Waals surface area contributed by atoms with Crippen molar-refractivity contribution in [3.8, 4) is 0 Å². The summed E-state index contributed by atoms with van der Waals surface area (Å²) in [5.41, 5.74) is 3.67. The molecule has 0 bridgehead atoms. The minimum atomic E-state index is -0.185. The van der Waals surface area contributed by atoms with Gasteiger partial charge in [0.05, 0.1) is 12.2 Å². The van der Waals surface area contributed by atoms with Gasteiger partial charge in [0.2, 0.25) is 0 Å². The van der Waals surface area contributed by atoms with Crippen molar-refractivity contribution in [1.29, 1.82) is 0 Å². The summed E-state index contributed by atoms with van der Waals surface area (Å²) in [4.78, 5) is 17.5. The van der Waals surface area contributed by atoms with E-state index in [4.69, 9.17) is 0 Å². The minimum Gasteiger partial charge on any atom is -0.332 e. The Morgan fingerprint density at radius 2 is 1.68 bits per heavy atom. The van der Waals surface area contributed by atoms with Crippen molar-refractivity contribution >= 4 is 22.6 Å². The van der Waals surface area contributed by atoms with E-state index in [9.17, 15) is 4.79 Å². The van der Waals surface area contributed by atoms with E-state index in [0.717, 1.165) is 22.2 Å². The summed E-state index contributed by atoms with van der Waals surface area (Å²) >= 11 is 0. The monoisotopic (exact) mass is 407 g/mol. The van der Waals surface area contributed by atoms with Crippen LogP contribution in [0, 0.1) is 0 Å². The summed E-state index contributed by atoms with van der Waals surface area (Å²) in [6, 6.07) is 27.7. The van der Waals surface area contributed by atoms with Crippen LogP contribution in [-0.2, 0) is 13.1 Å². The van der Waals surface area contributed by atoms with Gasteiger partial charge in [0.15, 0.2) is 5.82 Å². The van der Waals surface area contributed by atoms with E-state index in [1.807, 2.05) is 77.5 Å². The van der Waals surface area contributed by atoms with E-state index in [1.165, 1.54) is 0 Å². The molecule has 5 rings (SSSR count). The molecule has 0 unspecified atom stereocenters. The molecule has 0 spiro atoms. The standard InChI is InChI=1S/C25H21N5O/c31-25(27-24-13-15-29(28-24)18-21-11-6-7-14-26-21)23-16-20-10-4-5-12-22(20)30(23)17-19-8-2-1-3-9-19/h1-16H,17-18H2,(H,27,28,31). The van der Waals surface area contributed by atoms with E-state index in [1.54, 1.807) is 16.9 Å². The van der Waals surface area contributed by atoms with E-state index < -0.39 is 0 Å². The first-order chi connectivity index (χ1) is 15.3. The van der Waals surface area contributed by atoms with E-state index in [2.05, 4.69) is 27.5 Å². The van der Waals surface area contributed by atoms with Gasteiger partial charge >= 0.3 is 0 Å². The number of aromatic nitrogens is 4. The number of fused-ring (bicyclic) bond motifs is 1. The summed E-state index contributed by atoms with van der Waals surface area (Å²) in [6.45, 7) is 1.16. The van der Waals surface area contributed by atoms with Gasteiger partial charge in [0, 0.05) is 35.9 Å². The lowest BCUT2D eigenvalue weighted by Gasteiger charge is -2.11. The van der Waals surface area contributed by atoms with E-state index >= 15 is 0 Å². The third kappa shape index (κ3) is 4.09. The maximum Gasteiger partial charge on any atom is 0.273 e. The second-order valence-electron chi connectivity index (χ2n) is 7.33. The van der Waals surface area contributed by atoms with Crippen LogP contribution in [0.25, 0.3) is 10.9 Å². The average molecular weight is 407 g/mol. The molecule has 0 saturated heterocycles. The Labute approximate surface area is 179 Å². The quantitative estimate of drug-likeness (QED) is 0.448. The van der Waals surface area contributed by atoms with Crippen LogP contribution in [0.3, 0.4) is 0 Å². The molecule has 6 heteroatoms. The number of carbonyl (C=O) groups is 1. The number of rotatable bonds is 6. The highest BCUT2D eigenvalue weighted by molar-refractivity contribution is 6.06. The molecular formula is C25H21N5O. The molecule has 31 heavy (non-hydrogen) atoms. The number of benzene rings is 2. The zero-order valence-corrected chi connectivity index (χ0v) is 16.8. The molecule has 2 aromatic carbocycles. The highest BCUT2D eigenvalue weighted by Crippen LogP contribution is 2.22. The minimum absolute atomic E-state index is 0.185. The molecule has 0 fully saturated rings. The van der Waals surface area contributed by atoms with Gasteiger partial charge in [-0.05, 0) is 29.8 Å². The van der Waals surface area contributed by atoms with Gasteiger partial charge in [0.25, 0.3) is 5.91 Å². The SMILES string of the molecule is O=C(Nc1ccn(Cc2ccccn2)n1)c1cc2ccccc2n1Cc1ccccc1. The predicted octanol–water partition coefficient (Wildman–Crippen LogP) is 4.58. The number of para-hydroxylation sites is 1. The lowest BCUT2D eigenvalue weighted by atomic mass is 10.2. The molecule has 5 aromatic rings. The smallest absolute Gasteiger partial charge is 0.273 e. The fraction of sp³-hybridized carbons (Fsp3) is 0.0800. The van der Waals surface area contributed by atoms with Crippen LogP contribution < -0.4 is 5.32 Å². The largest absolute Gasteiger partial charge is 0.332 e. The second-order valence-corrected chi connectivity index (χ2v) is 7.33. The fourth-order valence-corrected chi connectivity index (χ4v) is 3.69. The lowest BCUT2D eigenvalue weighted by molar-refractivity contribution is 0.101. The van der Waals surface area contributed by atoms with Crippen LogP contribution >= 0.6 is 0 Å². The molecule has 152 valence electrons. The Balaban J connectivity index is 1.40. The summed E-state index contributed by atoms with van der Waals surface area (Å²) < 4.78 is 3.81. The Morgan fingerprint density at radius 3 is 2.52 bits per heavy atom. The van der Waals surface area contributed by atoms with Crippen molar-refractivity contribution in [2.24, 2.45) is 0 Å². The number of hydrogen-bond acceptors (Lipinski definition) is 3. The molecule has 0 aliphatic heterocycles. The Morgan fingerprint density at radius 1 is 0.871 bits per heavy atom. The molecule has 0 saturated carbocycles. The number of carbonyl (C=O) groups excluding carboxylic acids is 1. The Hall–Kier alpha value is -4.19. The van der Waals surface area contributed by atoms with Crippen LogP contribution in [0.4, 0.5) is 5.82 Å². The van der Waals surface area contributed by atoms with Crippen LogP contribution in [-0.4, -0.2) is 25.2 Å². The molecule has 0 radical (unpaired) electrons. The molecule has 1 N–H and O–H groups in total. The van der Waals surface area contributed by atoms with Crippen molar-refractivity contribution in [3.05, 3.63) is 114 Å². The molecule has 0 aliphatic rings. The lowest BCUT2D eigenvalue weighted by Crippen LogP contribution is -2.18. The molecular weight excluding hydrogens is 386 g/mol. The fourth-order valence-electron chi connectivity index (χ4n) is 3.69. The van der Waals surface area contributed by atoms with Gasteiger partial charge < -0.3 is 9.88 Å². The molecule has 6 nitrogen and oxygen atoms in total. The summed E-state index contributed by atoms with van der Waals surface area (Å²) in [5, 5.41) is 8.45. The maximum absolute atomic E-state index is 13.2. The van der Waals surface area contributed by atoms with Crippen molar-refractivity contribution in [1.82, 2.24) is 19.3 Å². The molecule has 3 aromatic heterocycles. The molecule has 3 heterocycles. The first-order valence-electron chi connectivity index (χ1n) is 10.1. The van der Waals surface area contributed by atoms with Crippen LogP contribution in [0.1, 0.15) is 21.7 Å². The summed E-state index contributed by atoms with van der Waals surface area (Å²) in [7, 11) is 0. The van der Waals surface area contributed by atoms with Gasteiger partial charge in [-0.3, -0.25) is 14.5 Å². The number of pyridine rings is 1. The molecule has 0 aliphatic carbocycles. The topological polar surface area (TPSA) is 64.7 Å². The van der Waals surface area contributed by atoms with Crippen LogP contribution in [0.5, 0.6) is 0 Å².